The second-order valence-corrected chi connectivity index (χ2v) is 11.4. The summed E-state index contributed by atoms with van der Waals surface area (Å²) in [5.41, 5.74) is 2.00. The third-order valence-corrected chi connectivity index (χ3v) is 9.00. The lowest BCUT2D eigenvalue weighted by atomic mass is 10.1. The molecular weight excluding hydrogens is 529 g/mol. The number of hydrogen-bond acceptors (Lipinski definition) is 5. The fraction of sp³-hybridized carbons (Fsp3) is 0.250. The normalized spacial score (nSPS) is 15.5. The van der Waals surface area contributed by atoms with Gasteiger partial charge in [-0.05, 0) is 42.0 Å². The van der Waals surface area contributed by atoms with Gasteiger partial charge in [0.05, 0.1) is 20.6 Å². The number of sulfonamides is 1. The third-order valence-electron chi connectivity index (χ3n) is 4.87. The van der Waals surface area contributed by atoms with Gasteiger partial charge in [0.15, 0.2) is 5.13 Å². The van der Waals surface area contributed by atoms with Crippen LogP contribution in [0.3, 0.4) is 0 Å². The van der Waals surface area contributed by atoms with Gasteiger partial charge in [0, 0.05) is 42.5 Å². The van der Waals surface area contributed by atoms with E-state index in [4.69, 9.17) is 28.2 Å². The molecule has 0 spiro atoms. The Bertz CT molecular complexity index is 1150. The van der Waals surface area contributed by atoms with Gasteiger partial charge >= 0.3 is 0 Å². The maximum Gasteiger partial charge on any atom is 0.243 e. The molecule has 1 saturated heterocycles. The van der Waals surface area contributed by atoms with Crippen molar-refractivity contribution in [3.05, 3.63) is 73.6 Å². The van der Waals surface area contributed by atoms with Crippen molar-refractivity contribution in [3.63, 3.8) is 0 Å². The van der Waals surface area contributed by atoms with Crippen LogP contribution in [0.1, 0.15) is 11.3 Å². The molecule has 0 N–H and O–H groups in total. The molecule has 1 fully saturated rings. The zero-order valence-electron chi connectivity index (χ0n) is 15.8. The van der Waals surface area contributed by atoms with Crippen molar-refractivity contribution < 1.29 is 8.42 Å². The maximum atomic E-state index is 12.9. The van der Waals surface area contributed by atoms with E-state index in [1.54, 1.807) is 41.7 Å². The van der Waals surface area contributed by atoms with E-state index in [1.165, 1.54) is 4.31 Å². The molecular formula is C20H18BrCl2N3O2S2. The van der Waals surface area contributed by atoms with Gasteiger partial charge in [0.25, 0.3) is 0 Å². The van der Waals surface area contributed by atoms with E-state index in [1.807, 2.05) is 17.5 Å². The molecule has 5 nitrogen and oxygen atoms in total. The van der Waals surface area contributed by atoms with Gasteiger partial charge in [0.2, 0.25) is 10.0 Å². The zero-order chi connectivity index (χ0) is 21.3. The molecule has 30 heavy (non-hydrogen) atoms. The first-order chi connectivity index (χ1) is 14.3. The number of aromatic nitrogens is 1. The Hall–Kier alpha value is -1.16. The molecule has 0 saturated carbocycles. The average molecular weight is 547 g/mol. The highest BCUT2D eigenvalue weighted by Crippen LogP contribution is 2.27. The summed E-state index contributed by atoms with van der Waals surface area (Å²) >= 11 is 17.0. The van der Waals surface area contributed by atoms with Gasteiger partial charge in [-0.15, -0.1) is 11.3 Å². The number of anilines is 1. The van der Waals surface area contributed by atoms with E-state index in [9.17, 15) is 8.42 Å². The van der Waals surface area contributed by atoms with Crippen LogP contribution in [0.4, 0.5) is 5.13 Å². The third kappa shape index (κ3) is 4.84. The first-order valence-electron chi connectivity index (χ1n) is 9.22. The summed E-state index contributed by atoms with van der Waals surface area (Å²) in [5, 5.41) is 4.01. The fourth-order valence-corrected chi connectivity index (χ4v) is 6.14. The van der Waals surface area contributed by atoms with E-state index in [-0.39, 0.29) is 0 Å². The van der Waals surface area contributed by atoms with Gasteiger partial charge in [0.1, 0.15) is 0 Å². The minimum absolute atomic E-state index is 0.317. The summed E-state index contributed by atoms with van der Waals surface area (Å²) in [7, 11) is -3.48. The van der Waals surface area contributed by atoms with E-state index < -0.39 is 10.0 Å². The molecule has 0 aliphatic carbocycles. The van der Waals surface area contributed by atoms with Crippen LogP contribution >= 0.6 is 50.5 Å². The second-order valence-electron chi connectivity index (χ2n) is 6.89. The highest BCUT2D eigenvalue weighted by atomic mass is 79.9. The molecule has 10 heteroatoms. The Morgan fingerprint density at radius 3 is 2.37 bits per heavy atom. The van der Waals surface area contributed by atoms with Gasteiger partial charge in [-0.3, -0.25) is 0 Å². The highest BCUT2D eigenvalue weighted by Gasteiger charge is 2.29. The number of rotatable bonds is 5. The number of piperazine rings is 1. The number of hydrogen-bond donors (Lipinski definition) is 0. The minimum atomic E-state index is -3.48. The quantitative estimate of drug-likeness (QED) is 0.435. The average Bonchev–Trinajstić information content (AvgIpc) is 3.20. The molecule has 0 radical (unpaired) electrons. The topological polar surface area (TPSA) is 53.5 Å². The van der Waals surface area contributed by atoms with E-state index in [0.29, 0.717) is 47.5 Å². The van der Waals surface area contributed by atoms with Crippen molar-refractivity contribution >= 4 is 65.6 Å². The Kier molecular flexibility index (Phi) is 6.72. The standard InChI is InChI=1S/C20H18BrCl2N3O2S2/c21-15-2-4-17(5-3-15)30(27,28)26-9-7-25(8-10-26)20-24-16(13-29-20)11-14-1-6-18(22)19(23)12-14/h1-6,12-13H,7-11H2. The Morgan fingerprint density at radius 1 is 1.00 bits per heavy atom. The van der Waals surface area contributed by atoms with E-state index >= 15 is 0 Å². The van der Waals surface area contributed by atoms with Crippen LogP contribution in [-0.2, 0) is 16.4 Å². The lowest BCUT2D eigenvalue weighted by molar-refractivity contribution is 0.384. The van der Waals surface area contributed by atoms with Crippen molar-refractivity contribution in [3.8, 4) is 0 Å². The SMILES string of the molecule is O=S(=O)(c1ccc(Br)cc1)N1CCN(c2nc(Cc3ccc(Cl)c(Cl)c3)cs2)CC1. The lowest BCUT2D eigenvalue weighted by Gasteiger charge is -2.33. The zero-order valence-corrected chi connectivity index (χ0v) is 20.5. The molecule has 1 aliphatic rings. The van der Waals surface area contributed by atoms with Crippen LogP contribution in [0.5, 0.6) is 0 Å². The molecule has 2 heterocycles. The van der Waals surface area contributed by atoms with E-state index in [0.717, 1.165) is 20.9 Å². The summed E-state index contributed by atoms with van der Waals surface area (Å²) in [6.45, 7) is 2.07. The first-order valence-corrected chi connectivity index (χ1v) is 13.1. The predicted octanol–water partition coefficient (Wildman–Crippen LogP) is 5.31. The lowest BCUT2D eigenvalue weighted by Crippen LogP contribution is -2.48. The van der Waals surface area contributed by atoms with E-state index in [2.05, 4.69) is 20.8 Å². The van der Waals surface area contributed by atoms with Crippen molar-refractivity contribution in [1.82, 2.24) is 9.29 Å². The molecule has 1 aromatic heterocycles. The smallest absolute Gasteiger partial charge is 0.243 e. The van der Waals surface area contributed by atoms with Gasteiger partial charge in [-0.25, -0.2) is 13.4 Å². The Morgan fingerprint density at radius 2 is 1.70 bits per heavy atom. The molecule has 2 aromatic carbocycles. The molecule has 0 unspecified atom stereocenters. The maximum absolute atomic E-state index is 12.9. The Labute approximate surface area is 198 Å². The second kappa shape index (κ2) is 9.14. The summed E-state index contributed by atoms with van der Waals surface area (Å²) < 4.78 is 28.1. The van der Waals surface area contributed by atoms with Crippen LogP contribution in [0, 0.1) is 0 Å². The van der Waals surface area contributed by atoms with Gasteiger partial charge in [-0.1, -0.05) is 45.2 Å². The first kappa shape index (κ1) is 22.0. The number of thiazole rings is 1. The van der Waals surface area contributed by atoms with Crippen LogP contribution < -0.4 is 4.90 Å². The summed E-state index contributed by atoms with van der Waals surface area (Å²) in [4.78, 5) is 7.18. The van der Waals surface area contributed by atoms with Crippen LogP contribution in [0.15, 0.2) is 57.2 Å². The molecule has 4 rings (SSSR count). The van der Waals surface area contributed by atoms with Crippen LogP contribution in [0.25, 0.3) is 0 Å². The summed E-state index contributed by atoms with van der Waals surface area (Å²) in [6.07, 6.45) is 0.672. The molecule has 3 aromatic rings. The fourth-order valence-electron chi connectivity index (χ4n) is 3.26. The molecule has 0 amide bonds. The van der Waals surface area contributed by atoms with Crippen LogP contribution in [0.2, 0.25) is 10.0 Å². The minimum Gasteiger partial charge on any atom is -0.345 e. The molecule has 0 bridgehead atoms. The van der Waals surface area contributed by atoms with Crippen molar-refractivity contribution in [2.24, 2.45) is 0 Å². The number of benzene rings is 2. The summed E-state index contributed by atoms with van der Waals surface area (Å²) in [5.74, 6) is 0. The molecule has 158 valence electrons. The molecule has 0 atom stereocenters. The highest BCUT2D eigenvalue weighted by molar-refractivity contribution is 9.10. The van der Waals surface area contributed by atoms with Crippen LogP contribution in [-0.4, -0.2) is 43.9 Å². The Balaban J connectivity index is 1.40. The van der Waals surface area contributed by atoms with Gasteiger partial charge in [-0.2, -0.15) is 4.31 Å². The predicted molar refractivity (Wildman–Crippen MR) is 126 cm³/mol. The van der Waals surface area contributed by atoms with Crippen molar-refractivity contribution in [2.75, 3.05) is 31.1 Å². The molecule has 1 aliphatic heterocycles. The van der Waals surface area contributed by atoms with Gasteiger partial charge < -0.3 is 4.90 Å². The van der Waals surface area contributed by atoms with Crippen molar-refractivity contribution in [1.29, 1.82) is 0 Å². The van der Waals surface area contributed by atoms with Crippen molar-refractivity contribution in [2.45, 2.75) is 11.3 Å². The number of halogens is 3. The summed E-state index contributed by atoms with van der Waals surface area (Å²) in [6, 6.07) is 12.3. The monoisotopic (exact) mass is 545 g/mol. The number of nitrogens with zero attached hydrogens (tertiary/aromatic N) is 3. The largest absolute Gasteiger partial charge is 0.345 e.